The van der Waals surface area contributed by atoms with Gasteiger partial charge in [0.05, 0.1) is 18.1 Å². The first-order valence-electron chi connectivity index (χ1n) is 13.9. The standard InChI is InChI=1S/C32H38N6O2S/c1-20-15-23(11-13-25(20)40-24-12-10-22(3)33-16-24)36-30-29-28-21(2)17-38(18-26(28)41-31(29)35-19-34-30)27(39)9-8-14-37(7)32(4,5)6/h8-13,15-16,19,21H,14,17-18H2,1-7H3,(H,34,35,36)/t21-/m0/s1. The number of ether oxygens (including phenoxy) is 1. The molecule has 0 saturated heterocycles. The molecular weight excluding hydrogens is 532 g/mol. The molecule has 0 radical (unpaired) electrons. The molecule has 1 aliphatic heterocycles. The van der Waals surface area contributed by atoms with Crippen LogP contribution in [0.2, 0.25) is 0 Å². The van der Waals surface area contributed by atoms with Crippen molar-refractivity contribution in [3.63, 3.8) is 0 Å². The summed E-state index contributed by atoms with van der Waals surface area (Å²) in [6, 6.07) is 9.85. The zero-order chi connectivity index (χ0) is 29.3. The topological polar surface area (TPSA) is 83.5 Å². The highest BCUT2D eigenvalue weighted by Crippen LogP contribution is 2.42. The quantitative estimate of drug-likeness (QED) is 0.240. The van der Waals surface area contributed by atoms with E-state index in [1.54, 1.807) is 29.9 Å². The Bertz CT molecular complexity index is 1590. The highest BCUT2D eigenvalue weighted by molar-refractivity contribution is 7.19. The van der Waals surface area contributed by atoms with Crippen LogP contribution in [0.5, 0.6) is 11.5 Å². The molecular formula is C32H38N6O2S. The number of hydrogen-bond donors (Lipinski definition) is 1. The van der Waals surface area contributed by atoms with Crippen LogP contribution in [-0.4, -0.2) is 56.3 Å². The number of likely N-dealkylation sites (N-methyl/N-ethyl adjacent to an activating group) is 1. The third-order valence-corrected chi connectivity index (χ3v) is 8.67. The van der Waals surface area contributed by atoms with Crippen molar-refractivity contribution < 1.29 is 9.53 Å². The third kappa shape index (κ3) is 6.41. The van der Waals surface area contributed by atoms with Crippen molar-refractivity contribution in [1.29, 1.82) is 0 Å². The molecule has 0 spiro atoms. The number of aryl methyl sites for hydroxylation is 2. The number of rotatable bonds is 7. The maximum absolute atomic E-state index is 13.1. The average molecular weight is 571 g/mol. The molecule has 1 amide bonds. The van der Waals surface area contributed by atoms with Crippen LogP contribution in [0, 0.1) is 13.8 Å². The molecule has 1 aromatic carbocycles. The smallest absolute Gasteiger partial charge is 0.246 e. The first-order valence-corrected chi connectivity index (χ1v) is 14.7. The molecule has 0 fully saturated rings. The second-order valence-corrected chi connectivity index (χ2v) is 12.8. The van der Waals surface area contributed by atoms with Crippen LogP contribution in [-0.2, 0) is 11.3 Å². The highest BCUT2D eigenvalue weighted by atomic mass is 32.1. The van der Waals surface area contributed by atoms with Crippen LogP contribution in [0.25, 0.3) is 10.2 Å². The number of hydrogen-bond acceptors (Lipinski definition) is 8. The van der Waals surface area contributed by atoms with Gasteiger partial charge in [-0.05, 0) is 83.1 Å². The molecule has 5 rings (SSSR count). The zero-order valence-corrected chi connectivity index (χ0v) is 25.7. The van der Waals surface area contributed by atoms with E-state index in [0.717, 1.165) is 45.3 Å². The van der Waals surface area contributed by atoms with E-state index in [1.807, 2.05) is 49.1 Å². The Kier molecular flexibility index (Phi) is 8.11. The van der Waals surface area contributed by atoms with Crippen molar-refractivity contribution in [3.05, 3.63) is 76.7 Å². The molecule has 9 heteroatoms. The predicted molar refractivity (Wildman–Crippen MR) is 166 cm³/mol. The van der Waals surface area contributed by atoms with Gasteiger partial charge in [-0.25, -0.2) is 9.97 Å². The number of amides is 1. The Morgan fingerprint density at radius 1 is 1.20 bits per heavy atom. The van der Waals surface area contributed by atoms with Crippen molar-refractivity contribution in [2.75, 3.05) is 25.5 Å². The molecule has 1 atom stereocenters. The largest absolute Gasteiger partial charge is 0.455 e. The predicted octanol–water partition coefficient (Wildman–Crippen LogP) is 6.97. The summed E-state index contributed by atoms with van der Waals surface area (Å²) in [6.45, 7) is 14.6. The van der Waals surface area contributed by atoms with Crippen LogP contribution in [0.1, 0.15) is 55.3 Å². The Morgan fingerprint density at radius 2 is 2.00 bits per heavy atom. The summed E-state index contributed by atoms with van der Waals surface area (Å²) in [5.41, 5.74) is 4.15. The number of thiophene rings is 1. The Balaban J connectivity index is 1.34. The molecule has 3 aromatic heterocycles. The fourth-order valence-electron chi connectivity index (χ4n) is 4.87. The van der Waals surface area contributed by atoms with Gasteiger partial charge in [0.15, 0.2) is 0 Å². The van der Waals surface area contributed by atoms with E-state index in [0.29, 0.717) is 18.8 Å². The van der Waals surface area contributed by atoms with Gasteiger partial charge in [0.2, 0.25) is 5.91 Å². The molecule has 0 unspecified atom stereocenters. The molecule has 0 bridgehead atoms. The van der Waals surface area contributed by atoms with Gasteiger partial charge in [0, 0.05) is 46.9 Å². The van der Waals surface area contributed by atoms with E-state index in [1.165, 1.54) is 10.4 Å². The van der Waals surface area contributed by atoms with E-state index >= 15 is 0 Å². The SMILES string of the molecule is Cc1ccc(Oc2ccc(Nc3ncnc4sc5c(c34)[C@@H](C)CN(C(=O)C=CCN(C)C(C)(C)C)C5)cc2C)cn1. The Hall–Kier alpha value is -3.82. The van der Waals surface area contributed by atoms with E-state index in [2.05, 4.69) is 66.0 Å². The lowest BCUT2D eigenvalue weighted by Gasteiger charge is -2.31. The van der Waals surface area contributed by atoms with Gasteiger partial charge in [-0.15, -0.1) is 11.3 Å². The fraction of sp³-hybridized carbons (Fsp3) is 0.375. The lowest BCUT2D eigenvalue weighted by Crippen LogP contribution is -2.38. The summed E-state index contributed by atoms with van der Waals surface area (Å²) in [6.07, 6.45) is 7.01. The number of fused-ring (bicyclic) bond motifs is 3. The Morgan fingerprint density at radius 3 is 2.71 bits per heavy atom. The van der Waals surface area contributed by atoms with Crippen LogP contribution in [0.3, 0.4) is 0 Å². The molecule has 41 heavy (non-hydrogen) atoms. The molecule has 4 heterocycles. The number of pyridine rings is 1. The minimum absolute atomic E-state index is 0.0471. The summed E-state index contributed by atoms with van der Waals surface area (Å²) in [5.74, 6) is 2.47. The number of carbonyl (C=O) groups is 1. The maximum atomic E-state index is 13.1. The first kappa shape index (κ1) is 28.7. The van der Waals surface area contributed by atoms with Crippen LogP contribution >= 0.6 is 11.3 Å². The molecule has 0 aliphatic carbocycles. The molecule has 4 aromatic rings. The number of nitrogens with one attached hydrogen (secondary N) is 1. The number of benzene rings is 1. The summed E-state index contributed by atoms with van der Waals surface area (Å²) < 4.78 is 6.04. The van der Waals surface area contributed by atoms with E-state index in [4.69, 9.17) is 4.74 Å². The zero-order valence-electron chi connectivity index (χ0n) is 24.9. The lowest BCUT2D eigenvalue weighted by molar-refractivity contribution is -0.127. The maximum Gasteiger partial charge on any atom is 0.246 e. The first-order chi connectivity index (χ1) is 19.5. The van der Waals surface area contributed by atoms with Crippen molar-refractivity contribution in [2.45, 2.75) is 59.5 Å². The van der Waals surface area contributed by atoms with Crippen LogP contribution < -0.4 is 10.1 Å². The van der Waals surface area contributed by atoms with Gasteiger partial charge in [-0.2, -0.15) is 0 Å². The number of carbonyl (C=O) groups excluding carboxylic acids is 1. The van der Waals surface area contributed by atoms with E-state index in [-0.39, 0.29) is 17.4 Å². The number of nitrogens with zero attached hydrogens (tertiary/aromatic N) is 5. The average Bonchev–Trinajstić information content (AvgIpc) is 3.31. The van der Waals surface area contributed by atoms with E-state index < -0.39 is 0 Å². The minimum atomic E-state index is 0.0471. The number of aromatic nitrogens is 3. The van der Waals surface area contributed by atoms with E-state index in [9.17, 15) is 4.79 Å². The summed E-state index contributed by atoms with van der Waals surface area (Å²) in [4.78, 5) is 32.8. The highest BCUT2D eigenvalue weighted by Gasteiger charge is 2.30. The number of anilines is 2. The molecule has 1 aliphatic rings. The van der Waals surface area contributed by atoms with Crippen molar-refractivity contribution in [3.8, 4) is 11.5 Å². The van der Waals surface area contributed by atoms with Gasteiger partial charge in [0.25, 0.3) is 0 Å². The van der Waals surface area contributed by atoms with Gasteiger partial charge in [-0.3, -0.25) is 14.7 Å². The van der Waals surface area contributed by atoms with Gasteiger partial charge in [0.1, 0.15) is 28.5 Å². The molecule has 1 N–H and O–H groups in total. The Labute approximate surface area is 246 Å². The van der Waals surface area contributed by atoms with Gasteiger partial charge < -0.3 is 15.0 Å². The van der Waals surface area contributed by atoms with Gasteiger partial charge in [-0.1, -0.05) is 13.0 Å². The lowest BCUT2D eigenvalue weighted by atomic mass is 9.94. The molecule has 0 saturated carbocycles. The van der Waals surface area contributed by atoms with Crippen molar-refractivity contribution in [1.82, 2.24) is 24.8 Å². The van der Waals surface area contributed by atoms with Crippen molar-refractivity contribution >= 4 is 39.0 Å². The minimum Gasteiger partial charge on any atom is -0.455 e. The second-order valence-electron chi connectivity index (χ2n) is 11.8. The summed E-state index contributed by atoms with van der Waals surface area (Å²) in [5, 5.41) is 4.56. The third-order valence-electron chi connectivity index (χ3n) is 7.57. The molecule has 214 valence electrons. The van der Waals surface area contributed by atoms with Crippen molar-refractivity contribution in [2.24, 2.45) is 0 Å². The fourth-order valence-corrected chi connectivity index (χ4v) is 6.15. The normalized spacial score (nSPS) is 15.5. The van der Waals surface area contributed by atoms with Gasteiger partial charge >= 0.3 is 0 Å². The monoisotopic (exact) mass is 570 g/mol. The van der Waals surface area contributed by atoms with Crippen LogP contribution in [0.4, 0.5) is 11.5 Å². The molecule has 8 nitrogen and oxygen atoms in total. The van der Waals surface area contributed by atoms with Crippen LogP contribution in [0.15, 0.2) is 55.0 Å². The summed E-state index contributed by atoms with van der Waals surface area (Å²) in [7, 11) is 2.07. The summed E-state index contributed by atoms with van der Waals surface area (Å²) >= 11 is 1.65. The second kappa shape index (κ2) is 11.6.